The molecule has 0 N–H and O–H groups in total. The summed E-state index contributed by atoms with van der Waals surface area (Å²) in [6, 6.07) is 2.62. The molecule has 82 valence electrons. The Balaban J connectivity index is 3.20. The molecule has 0 saturated heterocycles. The average molecular weight is 297 g/mol. The first-order valence-electron chi connectivity index (χ1n) is 3.94. The van der Waals surface area contributed by atoms with Crippen molar-refractivity contribution in [2.45, 2.75) is 0 Å². The molecule has 1 aromatic carbocycles. The van der Waals surface area contributed by atoms with Crippen molar-refractivity contribution in [3.05, 3.63) is 33.0 Å². The Morgan fingerprint density at radius 1 is 1.60 bits per heavy atom. The van der Waals surface area contributed by atoms with Gasteiger partial charge in [-0.15, -0.1) is 0 Å². The summed E-state index contributed by atoms with van der Waals surface area (Å²) in [5, 5.41) is 0.939. The van der Waals surface area contributed by atoms with Crippen molar-refractivity contribution in [2.24, 2.45) is 0 Å². The van der Waals surface area contributed by atoms with Crippen LogP contribution in [-0.2, 0) is 4.84 Å². The molecule has 0 fully saturated rings. The van der Waals surface area contributed by atoms with Crippen LogP contribution in [0, 0.1) is 5.82 Å². The molecule has 1 amide bonds. The fraction of sp³-hybridized carbons (Fsp3) is 0.222. The lowest BCUT2D eigenvalue weighted by Gasteiger charge is -2.15. The SMILES string of the molecule is CON(C)C(=O)c1c(F)cc(Br)cc1Cl. The Labute approximate surface area is 99.9 Å². The number of halogens is 3. The maximum atomic E-state index is 13.4. The summed E-state index contributed by atoms with van der Waals surface area (Å²) in [5.74, 6) is -1.32. The quantitative estimate of drug-likeness (QED) is 0.785. The normalized spacial score (nSPS) is 10.2. The van der Waals surface area contributed by atoms with Gasteiger partial charge < -0.3 is 0 Å². The van der Waals surface area contributed by atoms with E-state index in [-0.39, 0.29) is 10.6 Å². The first kappa shape index (κ1) is 12.4. The van der Waals surface area contributed by atoms with Gasteiger partial charge >= 0.3 is 0 Å². The maximum absolute atomic E-state index is 13.4. The zero-order valence-electron chi connectivity index (χ0n) is 8.05. The van der Waals surface area contributed by atoms with E-state index in [4.69, 9.17) is 11.6 Å². The van der Waals surface area contributed by atoms with Crippen LogP contribution in [0.4, 0.5) is 4.39 Å². The molecule has 0 aliphatic carbocycles. The molecule has 0 radical (unpaired) electrons. The number of hydrogen-bond donors (Lipinski definition) is 0. The highest BCUT2D eigenvalue weighted by molar-refractivity contribution is 9.10. The molecule has 0 bridgehead atoms. The first-order valence-corrected chi connectivity index (χ1v) is 5.11. The third-order valence-electron chi connectivity index (χ3n) is 1.78. The minimum absolute atomic E-state index is 0.0378. The predicted molar refractivity (Wildman–Crippen MR) is 58.2 cm³/mol. The molecule has 0 saturated carbocycles. The Kier molecular flexibility index (Phi) is 4.07. The summed E-state index contributed by atoms with van der Waals surface area (Å²) in [5.41, 5.74) is -0.204. The third kappa shape index (κ3) is 2.68. The Bertz CT molecular complexity index is 377. The number of amides is 1. The molecule has 6 heteroatoms. The Morgan fingerprint density at radius 3 is 2.67 bits per heavy atom. The van der Waals surface area contributed by atoms with E-state index in [0.29, 0.717) is 4.47 Å². The van der Waals surface area contributed by atoms with Crippen molar-refractivity contribution >= 4 is 33.4 Å². The van der Waals surface area contributed by atoms with Crippen LogP contribution in [0.3, 0.4) is 0 Å². The Hall–Kier alpha value is -0.650. The Morgan fingerprint density at radius 2 is 2.20 bits per heavy atom. The summed E-state index contributed by atoms with van der Waals surface area (Å²) in [4.78, 5) is 16.2. The first-order chi connectivity index (χ1) is 6.97. The van der Waals surface area contributed by atoms with Gasteiger partial charge in [0, 0.05) is 11.5 Å². The van der Waals surface area contributed by atoms with Crippen molar-refractivity contribution in [2.75, 3.05) is 14.2 Å². The van der Waals surface area contributed by atoms with E-state index in [1.807, 2.05) is 0 Å². The molecule has 0 aliphatic heterocycles. The minimum Gasteiger partial charge on any atom is -0.274 e. The second-order valence-electron chi connectivity index (χ2n) is 2.73. The maximum Gasteiger partial charge on any atom is 0.281 e. The van der Waals surface area contributed by atoms with Crippen molar-refractivity contribution in [3.8, 4) is 0 Å². The van der Waals surface area contributed by atoms with Crippen LogP contribution in [0.2, 0.25) is 5.02 Å². The van der Waals surface area contributed by atoms with Crippen molar-refractivity contribution in [1.82, 2.24) is 5.06 Å². The average Bonchev–Trinajstić information content (AvgIpc) is 2.14. The topological polar surface area (TPSA) is 29.5 Å². The van der Waals surface area contributed by atoms with Crippen LogP contribution in [0.5, 0.6) is 0 Å². The standard InChI is InChI=1S/C9H8BrClFNO2/c1-13(15-2)9(14)8-6(11)3-5(10)4-7(8)12/h3-4H,1-2H3. The van der Waals surface area contributed by atoms with Crippen LogP contribution >= 0.6 is 27.5 Å². The smallest absolute Gasteiger partial charge is 0.274 e. The van der Waals surface area contributed by atoms with Crippen molar-refractivity contribution in [3.63, 3.8) is 0 Å². The lowest BCUT2D eigenvalue weighted by atomic mass is 10.2. The van der Waals surface area contributed by atoms with Gasteiger partial charge in [-0.2, -0.15) is 0 Å². The summed E-state index contributed by atoms with van der Waals surface area (Å²) < 4.78 is 13.9. The summed E-state index contributed by atoms with van der Waals surface area (Å²) >= 11 is 8.83. The molecule has 0 aliphatic rings. The molecule has 0 atom stereocenters. The van der Waals surface area contributed by atoms with Crippen molar-refractivity contribution in [1.29, 1.82) is 0 Å². The molecule has 0 unspecified atom stereocenters. The van der Waals surface area contributed by atoms with Crippen LogP contribution in [-0.4, -0.2) is 25.1 Å². The molecular weight excluding hydrogens is 288 g/mol. The van der Waals surface area contributed by atoms with Crippen LogP contribution < -0.4 is 0 Å². The van der Waals surface area contributed by atoms with Gasteiger partial charge in [-0.25, -0.2) is 9.45 Å². The monoisotopic (exact) mass is 295 g/mol. The molecule has 15 heavy (non-hydrogen) atoms. The summed E-state index contributed by atoms with van der Waals surface area (Å²) in [6.07, 6.45) is 0. The highest BCUT2D eigenvalue weighted by Gasteiger charge is 2.20. The van der Waals surface area contributed by atoms with Gasteiger partial charge in [0.2, 0.25) is 0 Å². The minimum atomic E-state index is -0.691. The zero-order valence-corrected chi connectivity index (χ0v) is 10.4. The lowest BCUT2D eigenvalue weighted by Crippen LogP contribution is -2.26. The largest absolute Gasteiger partial charge is 0.281 e. The second kappa shape index (κ2) is 4.92. The number of hydrogen-bond acceptors (Lipinski definition) is 2. The number of benzene rings is 1. The van der Waals surface area contributed by atoms with Gasteiger partial charge in [-0.05, 0) is 12.1 Å². The van der Waals surface area contributed by atoms with Gasteiger partial charge in [0.25, 0.3) is 5.91 Å². The molecule has 1 rings (SSSR count). The number of hydroxylamine groups is 2. The number of rotatable bonds is 2. The van der Waals surface area contributed by atoms with E-state index >= 15 is 0 Å². The summed E-state index contributed by atoms with van der Waals surface area (Å²) in [7, 11) is 2.68. The molecule has 0 heterocycles. The zero-order chi connectivity index (χ0) is 11.6. The number of carbonyl (C=O) groups is 1. The van der Waals surface area contributed by atoms with Crippen LogP contribution in [0.25, 0.3) is 0 Å². The van der Waals surface area contributed by atoms with E-state index in [9.17, 15) is 9.18 Å². The van der Waals surface area contributed by atoms with E-state index in [1.165, 1.54) is 26.3 Å². The van der Waals surface area contributed by atoms with Crippen molar-refractivity contribution < 1.29 is 14.0 Å². The van der Waals surface area contributed by atoms with E-state index in [2.05, 4.69) is 20.8 Å². The summed E-state index contributed by atoms with van der Waals surface area (Å²) in [6.45, 7) is 0. The highest BCUT2D eigenvalue weighted by Crippen LogP contribution is 2.25. The molecule has 3 nitrogen and oxygen atoms in total. The van der Waals surface area contributed by atoms with Crippen LogP contribution in [0.1, 0.15) is 10.4 Å². The molecule has 0 aromatic heterocycles. The second-order valence-corrected chi connectivity index (χ2v) is 4.05. The fourth-order valence-corrected chi connectivity index (χ4v) is 1.84. The van der Waals surface area contributed by atoms with E-state index < -0.39 is 11.7 Å². The fourth-order valence-electron chi connectivity index (χ4n) is 0.987. The van der Waals surface area contributed by atoms with Gasteiger partial charge in [-0.1, -0.05) is 27.5 Å². The predicted octanol–water partition coefficient (Wildman–Crippen LogP) is 2.88. The van der Waals surface area contributed by atoms with Gasteiger partial charge in [0.05, 0.1) is 17.7 Å². The van der Waals surface area contributed by atoms with E-state index in [0.717, 1.165) is 5.06 Å². The third-order valence-corrected chi connectivity index (χ3v) is 2.54. The van der Waals surface area contributed by atoms with Gasteiger partial charge in [0.15, 0.2) is 0 Å². The number of carbonyl (C=O) groups excluding carboxylic acids is 1. The highest BCUT2D eigenvalue weighted by atomic mass is 79.9. The molecular formula is C9H8BrClFNO2. The number of nitrogens with zero attached hydrogens (tertiary/aromatic N) is 1. The molecule has 1 aromatic rings. The van der Waals surface area contributed by atoms with Crippen LogP contribution in [0.15, 0.2) is 16.6 Å². The van der Waals surface area contributed by atoms with Gasteiger partial charge in [-0.3, -0.25) is 9.63 Å². The van der Waals surface area contributed by atoms with E-state index in [1.54, 1.807) is 0 Å². The molecule has 0 spiro atoms. The lowest BCUT2D eigenvalue weighted by molar-refractivity contribution is -0.0759. The van der Waals surface area contributed by atoms with Gasteiger partial charge in [0.1, 0.15) is 5.82 Å².